The number of aliphatic carboxylic acids is 1. The van der Waals surface area contributed by atoms with Crippen molar-refractivity contribution in [2.75, 3.05) is 19.7 Å². The molecule has 1 saturated heterocycles. The van der Waals surface area contributed by atoms with Crippen molar-refractivity contribution in [3.05, 3.63) is 41.3 Å². The molecule has 1 fully saturated rings. The summed E-state index contributed by atoms with van der Waals surface area (Å²) in [5, 5.41) is 9.29. The molecule has 3 rings (SSSR count). The van der Waals surface area contributed by atoms with E-state index < -0.39 is 11.9 Å². The number of carboxylic acids is 1. The van der Waals surface area contributed by atoms with Crippen molar-refractivity contribution in [3.8, 4) is 16.2 Å². The number of likely N-dealkylation sites (tertiary alicyclic amines) is 1. The van der Waals surface area contributed by atoms with Crippen LogP contribution in [0.5, 0.6) is 5.75 Å². The van der Waals surface area contributed by atoms with Crippen LogP contribution in [0.25, 0.3) is 10.4 Å². The average Bonchev–Trinajstić information content (AvgIpc) is 3.19. The molecule has 1 aliphatic heterocycles. The number of rotatable bonds is 5. The fourth-order valence-corrected chi connectivity index (χ4v) is 4.20. The third-order valence-corrected chi connectivity index (χ3v) is 5.62. The number of hydrogen-bond acceptors (Lipinski definition) is 4. The molecule has 2 aromatic rings. The first-order valence-electron chi connectivity index (χ1n) is 8.35. The van der Waals surface area contributed by atoms with Crippen LogP contribution in [0.15, 0.2) is 36.4 Å². The molecule has 1 aromatic carbocycles. The zero-order valence-corrected chi connectivity index (χ0v) is 15.1. The van der Waals surface area contributed by atoms with Gasteiger partial charge in [0, 0.05) is 18.0 Å². The first-order chi connectivity index (χ1) is 12.0. The first-order valence-corrected chi connectivity index (χ1v) is 9.17. The SMILES string of the molecule is CCOc1cc(-c2ccccc2)sc1C(=O)N1C[C@@H](C)[C@H](C(=O)O)C1. The van der Waals surface area contributed by atoms with Crippen LogP contribution in [-0.4, -0.2) is 41.6 Å². The van der Waals surface area contributed by atoms with E-state index in [0.29, 0.717) is 23.8 Å². The van der Waals surface area contributed by atoms with Gasteiger partial charge in [-0.05, 0) is 24.5 Å². The fourth-order valence-electron chi connectivity index (χ4n) is 3.13. The lowest BCUT2D eigenvalue weighted by Gasteiger charge is -2.15. The lowest BCUT2D eigenvalue weighted by atomic mass is 9.99. The summed E-state index contributed by atoms with van der Waals surface area (Å²) in [4.78, 5) is 27.4. The molecule has 0 unspecified atom stereocenters. The van der Waals surface area contributed by atoms with Gasteiger partial charge in [-0.25, -0.2) is 0 Å². The summed E-state index contributed by atoms with van der Waals surface area (Å²) < 4.78 is 5.67. The molecular weight excluding hydrogens is 338 g/mol. The normalized spacial score (nSPS) is 19.8. The summed E-state index contributed by atoms with van der Waals surface area (Å²) >= 11 is 1.39. The van der Waals surface area contributed by atoms with Gasteiger partial charge < -0.3 is 14.7 Å². The molecule has 2 heterocycles. The molecule has 0 spiro atoms. The van der Waals surface area contributed by atoms with Crippen LogP contribution in [0.4, 0.5) is 0 Å². The van der Waals surface area contributed by atoms with Gasteiger partial charge in [-0.2, -0.15) is 0 Å². The fraction of sp³-hybridized carbons (Fsp3) is 0.368. The monoisotopic (exact) mass is 359 g/mol. The average molecular weight is 359 g/mol. The smallest absolute Gasteiger partial charge is 0.308 e. The van der Waals surface area contributed by atoms with Crippen molar-refractivity contribution in [2.24, 2.45) is 11.8 Å². The Bertz CT molecular complexity index is 771. The van der Waals surface area contributed by atoms with Crippen LogP contribution < -0.4 is 4.74 Å². The van der Waals surface area contributed by atoms with E-state index in [2.05, 4.69) is 0 Å². The van der Waals surface area contributed by atoms with E-state index in [4.69, 9.17) is 4.74 Å². The lowest BCUT2D eigenvalue weighted by Crippen LogP contribution is -2.29. The number of benzene rings is 1. The molecule has 132 valence electrons. The second-order valence-corrected chi connectivity index (χ2v) is 7.29. The Morgan fingerprint density at radius 1 is 1.28 bits per heavy atom. The van der Waals surface area contributed by atoms with Crippen molar-refractivity contribution in [1.82, 2.24) is 4.90 Å². The Labute approximate surface area is 150 Å². The summed E-state index contributed by atoms with van der Waals surface area (Å²) in [5.74, 6) is -0.975. The van der Waals surface area contributed by atoms with Gasteiger partial charge in [0.2, 0.25) is 0 Å². The number of hydrogen-bond donors (Lipinski definition) is 1. The molecule has 1 aliphatic rings. The van der Waals surface area contributed by atoms with Gasteiger partial charge in [0.25, 0.3) is 5.91 Å². The highest BCUT2D eigenvalue weighted by atomic mass is 32.1. The van der Waals surface area contributed by atoms with Crippen molar-refractivity contribution in [2.45, 2.75) is 13.8 Å². The molecule has 25 heavy (non-hydrogen) atoms. The van der Waals surface area contributed by atoms with Crippen LogP contribution in [0.3, 0.4) is 0 Å². The predicted molar refractivity (Wildman–Crippen MR) is 97.1 cm³/mol. The quantitative estimate of drug-likeness (QED) is 0.886. The van der Waals surface area contributed by atoms with Gasteiger partial charge in [-0.3, -0.25) is 9.59 Å². The molecule has 2 atom stereocenters. The van der Waals surface area contributed by atoms with E-state index in [9.17, 15) is 14.7 Å². The van der Waals surface area contributed by atoms with E-state index >= 15 is 0 Å². The lowest BCUT2D eigenvalue weighted by molar-refractivity contribution is -0.142. The zero-order valence-electron chi connectivity index (χ0n) is 14.3. The highest BCUT2D eigenvalue weighted by molar-refractivity contribution is 7.17. The van der Waals surface area contributed by atoms with Crippen LogP contribution in [0, 0.1) is 11.8 Å². The van der Waals surface area contributed by atoms with E-state index in [0.717, 1.165) is 10.4 Å². The summed E-state index contributed by atoms with van der Waals surface area (Å²) in [6, 6.07) is 11.7. The first kappa shape index (κ1) is 17.5. The number of nitrogens with zero attached hydrogens (tertiary/aromatic N) is 1. The van der Waals surface area contributed by atoms with Crippen LogP contribution in [0.2, 0.25) is 0 Å². The predicted octanol–water partition coefficient (Wildman–Crippen LogP) is 3.61. The Kier molecular flexibility index (Phi) is 5.08. The molecule has 0 aliphatic carbocycles. The van der Waals surface area contributed by atoms with Gasteiger partial charge in [0.1, 0.15) is 10.6 Å². The van der Waals surface area contributed by atoms with Crippen LogP contribution >= 0.6 is 11.3 Å². The number of amides is 1. The number of carboxylic acid groups (broad SMARTS) is 1. The minimum absolute atomic E-state index is 0.0504. The van der Waals surface area contributed by atoms with E-state index in [-0.39, 0.29) is 18.4 Å². The third kappa shape index (κ3) is 3.54. The molecule has 1 N–H and O–H groups in total. The minimum Gasteiger partial charge on any atom is -0.492 e. The molecule has 1 amide bonds. The zero-order chi connectivity index (χ0) is 18.0. The van der Waals surface area contributed by atoms with E-state index in [1.807, 2.05) is 50.2 Å². The molecule has 5 nitrogen and oxygen atoms in total. The van der Waals surface area contributed by atoms with Crippen molar-refractivity contribution in [3.63, 3.8) is 0 Å². The summed E-state index contributed by atoms with van der Waals surface area (Å²) in [6.07, 6.45) is 0. The third-order valence-electron chi connectivity index (χ3n) is 4.47. The minimum atomic E-state index is -0.844. The number of carbonyl (C=O) groups excluding carboxylic acids is 1. The van der Waals surface area contributed by atoms with E-state index in [1.54, 1.807) is 4.90 Å². The van der Waals surface area contributed by atoms with Gasteiger partial charge in [0.05, 0.1) is 12.5 Å². The van der Waals surface area contributed by atoms with Gasteiger partial charge >= 0.3 is 5.97 Å². The molecule has 6 heteroatoms. The highest BCUT2D eigenvalue weighted by Gasteiger charge is 2.38. The standard InChI is InChI=1S/C19H21NO4S/c1-3-24-15-9-16(13-7-5-4-6-8-13)25-17(15)18(21)20-10-12(2)14(11-20)19(22)23/h4-9,12,14H,3,10-11H2,1-2H3,(H,22,23)/t12-,14-/m1/s1. The molecular formula is C19H21NO4S. The number of carbonyl (C=O) groups is 2. The van der Waals surface area contributed by atoms with Gasteiger partial charge in [0.15, 0.2) is 0 Å². The Morgan fingerprint density at radius 3 is 2.60 bits per heavy atom. The summed E-state index contributed by atoms with van der Waals surface area (Å²) in [7, 11) is 0. The highest BCUT2D eigenvalue weighted by Crippen LogP contribution is 2.38. The van der Waals surface area contributed by atoms with Crippen molar-refractivity contribution < 1.29 is 19.4 Å². The number of ether oxygens (including phenoxy) is 1. The maximum Gasteiger partial charge on any atom is 0.308 e. The van der Waals surface area contributed by atoms with E-state index in [1.165, 1.54) is 11.3 Å². The number of thiophene rings is 1. The second kappa shape index (κ2) is 7.27. The van der Waals surface area contributed by atoms with Crippen molar-refractivity contribution in [1.29, 1.82) is 0 Å². The maximum absolute atomic E-state index is 13.0. The Morgan fingerprint density at radius 2 is 2.00 bits per heavy atom. The van der Waals surface area contributed by atoms with Crippen molar-refractivity contribution >= 4 is 23.2 Å². The van der Waals surface area contributed by atoms with Crippen LogP contribution in [0.1, 0.15) is 23.5 Å². The second-order valence-electron chi connectivity index (χ2n) is 6.24. The molecule has 1 aromatic heterocycles. The van der Waals surface area contributed by atoms with Gasteiger partial charge in [-0.1, -0.05) is 37.3 Å². The Balaban J connectivity index is 1.89. The van der Waals surface area contributed by atoms with Crippen LogP contribution in [-0.2, 0) is 4.79 Å². The largest absolute Gasteiger partial charge is 0.492 e. The topological polar surface area (TPSA) is 66.8 Å². The van der Waals surface area contributed by atoms with Gasteiger partial charge in [-0.15, -0.1) is 11.3 Å². The summed E-state index contributed by atoms with van der Waals surface area (Å²) in [5.41, 5.74) is 1.03. The Hall–Kier alpha value is -2.34. The molecule has 0 radical (unpaired) electrons. The maximum atomic E-state index is 13.0. The molecule has 0 bridgehead atoms. The summed E-state index contributed by atoms with van der Waals surface area (Å²) in [6.45, 7) is 4.94. The molecule has 0 saturated carbocycles.